The molecule has 1 aromatic heterocycles. The molecule has 1 rings (SSSR count). The van der Waals surface area contributed by atoms with E-state index in [9.17, 15) is 5.11 Å². The van der Waals surface area contributed by atoms with Crippen molar-refractivity contribution in [2.24, 2.45) is 0 Å². The third-order valence-corrected chi connectivity index (χ3v) is 3.26. The normalized spacial score (nSPS) is 13.8. The van der Waals surface area contributed by atoms with Crippen LogP contribution >= 0.6 is 0 Å². The predicted octanol–water partition coefficient (Wildman–Crippen LogP) is 2.28. The Bertz CT molecular complexity index is 296. The van der Waals surface area contributed by atoms with Gasteiger partial charge in [0.2, 0.25) is 0 Å². The van der Waals surface area contributed by atoms with E-state index in [1.54, 1.807) is 12.4 Å². The Morgan fingerprint density at radius 3 is 2.38 bits per heavy atom. The van der Waals surface area contributed by atoms with Crippen molar-refractivity contribution in [1.82, 2.24) is 10.3 Å². The molecule has 90 valence electrons. The zero-order valence-corrected chi connectivity index (χ0v) is 10.4. The van der Waals surface area contributed by atoms with Crippen LogP contribution in [0.25, 0.3) is 0 Å². The first-order valence-corrected chi connectivity index (χ1v) is 5.97. The third-order valence-electron chi connectivity index (χ3n) is 3.26. The lowest BCUT2D eigenvalue weighted by atomic mass is 9.97. The SMILES string of the molecule is CCC(O)(CC)CN[C@H](C)c1ccncc1. The van der Waals surface area contributed by atoms with Gasteiger partial charge in [-0.3, -0.25) is 4.98 Å². The molecule has 0 saturated heterocycles. The van der Waals surface area contributed by atoms with Crippen LogP contribution in [0.15, 0.2) is 24.5 Å². The highest BCUT2D eigenvalue weighted by molar-refractivity contribution is 5.14. The fourth-order valence-corrected chi connectivity index (χ4v) is 1.61. The van der Waals surface area contributed by atoms with E-state index in [0.717, 1.165) is 12.8 Å². The van der Waals surface area contributed by atoms with Crippen molar-refractivity contribution >= 4 is 0 Å². The molecular weight excluding hydrogens is 200 g/mol. The third kappa shape index (κ3) is 3.58. The molecule has 0 saturated carbocycles. The number of hydrogen-bond donors (Lipinski definition) is 2. The van der Waals surface area contributed by atoms with Gasteiger partial charge in [-0.15, -0.1) is 0 Å². The summed E-state index contributed by atoms with van der Waals surface area (Å²) >= 11 is 0. The second-order valence-electron chi connectivity index (χ2n) is 4.31. The molecule has 0 aliphatic rings. The zero-order chi connectivity index (χ0) is 12.0. The number of pyridine rings is 1. The average Bonchev–Trinajstić information content (AvgIpc) is 2.36. The number of hydrogen-bond acceptors (Lipinski definition) is 3. The van der Waals surface area contributed by atoms with Crippen LogP contribution in [-0.4, -0.2) is 22.2 Å². The van der Waals surface area contributed by atoms with Crippen LogP contribution in [0.4, 0.5) is 0 Å². The highest BCUT2D eigenvalue weighted by atomic mass is 16.3. The molecule has 0 unspecified atom stereocenters. The Balaban J connectivity index is 2.50. The minimum absolute atomic E-state index is 0.243. The minimum atomic E-state index is -0.582. The molecule has 0 radical (unpaired) electrons. The highest BCUT2D eigenvalue weighted by Crippen LogP contribution is 2.16. The monoisotopic (exact) mass is 222 g/mol. The molecule has 1 aromatic rings. The minimum Gasteiger partial charge on any atom is -0.389 e. The maximum Gasteiger partial charge on any atom is 0.0766 e. The molecule has 1 atom stereocenters. The molecule has 16 heavy (non-hydrogen) atoms. The predicted molar refractivity (Wildman–Crippen MR) is 66.2 cm³/mol. The summed E-state index contributed by atoms with van der Waals surface area (Å²) in [5, 5.41) is 13.5. The Morgan fingerprint density at radius 1 is 1.31 bits per heavy atom. The zero-order valence-electron chi connectivity index (χ0n) is 10.4. The maximum atomic E-state index is 10.1. The van der Waals surface area contributed by atoms with Crippen molar-refractivity contribution in [3.8, 4) is 0 Å². The summed E-state index contributed by atoms with van der Waals surface area (Å²) in [5.74, 6) is 0. The van der Waals surface area contributed by atoms with Crippen molar-refractivity contribution in [3.63, 3.8) is 0 Å². The Hall–Kier alpha value is -0.930. The van der Waals surface area contributed by atoms with E-state index in [2.05, 4.69) is 17.2 Å². The summed E-state index contributed by atoms with van der Waals surface area (Å²) in [5.41, 5.74) is 0.617. The molecule has 3 heteroatoms. The van der Waals surface area contributed by atoms with E-state index in [1.807, 2.05) is 26.0 Å². The molecule has 2 N–H and O–H groups in total. The summed E-state index contributed by atoms with van der Waals surface area (Å²) in [6, 6.07) is 4.23. The van der Waals surface area contributed by atoms with Crippen molar-refractivity contribution in [3.05, 3.63) is 30.1 Å². The lowest BCUT2D eigenvalue weighted by Crippen LogP contribution is -2.40. The van der Waals surface area contributed by atoms with Gasteiger partial charge in [0.1, 0.15) is 0 Å². The van der Waals surface area contributed by atoms with E-state index in [0.29, 0.717) is 6.54 Å². The quantitative estimate of drug-likeness (QED) is 0.776. The lowest BCUT2D eigenvalue weighted by molar-refractivity contribution is 0.0303. The van der Waals surface area contributed by atoms with Crippen molar-refractivity contribution < 1.29 is 5.11 Å². The van der Waals surface area contributed by atoms with Crippen LogP contribution in [0.1, 0.15) is 45.2 Å². The fourth-order valence-electron chi connectivity index (χ4n) is 1.61. The van der Waals surface area contributed by atoms with E-state index >= 15 is 0 Å². The number of aliphatic hydroxyl groups is 1. The standard InChI is InChI=1S/C13H22N2O/c1-4-13(16,5-2)10-15-11(3)12-6-8-14-9-7-12/h6-9,11,15-16H,4-5,10H2,1-3H3/t11-/m1/s1. The summed E-state index contributed by atoms with van der Waals surface area (Å²) in [6.45, 7) is 6.76. The van der Waals surface area contributed by atoms with Gasteiger partial charge >= 0.3 is 0 Å². The first-order chi connectivity index (χ1) is 7.61. The second kappa shape index (κ2) is 5.97. The Labute approximate surface area is 97.9 Å². The van der Waals surface area contributed by atoms with Gasteiger partial charge in [-0.2, -0.15) is 0 Å². The van der Waals surface area contributed by atoms with Crippen LogP contribution < -0.4 is 5.32 Å². The summed E-state index contributed by atoms with van der Waals surface area (Å²) in [6.07, 6.45) is 5.14. The van der Waals surface area contributed by atoms with Crippen LogP contribution in [0.3, 0.4) is 0 Å². The average molecular weight is 222 g/mol. The molecule has 0 aliphatic carbocycles. The lowest BCUT2D eigenvalue weighted by Gasteiger charge is -2.27. The number of aromatic nitrogens is 1. The molecule has 3 nitrogen and oxygen atoms in total. The van der Waals surface area contributed by atoms with Crippen molar-refractivity contribution in [2.75, 3.05) is 6.54 Å². The van der Waals surface area contributed by atoms with E-state index in [-0.39, 0.29) is 6.04 Å². The van der Waals surface area contributed by atoms with Crippen LogP contribution in [-0.2, 0) is 0 Å². The fraction of sp³-hybridized carbons (Fsp3) is 0.615. The van der Waals surface area contributed by atoms with Gasteiger partial charge in [0, 0.05) is 25.0 Å². The van der Waals surface area contributed by atoms with Gasteiger partial charge in [-0.05, 0) is 37.5 Å². The number of nitrogens with one attached hydrogen (secondary N) is 1. The van der Waals surface area contributed by atoms with Gasteiger partial charge in [-0.1, -0.05) is 13.8 Å². The summed E-state index contributed by atoms with van der Waals surface area (Å²) in [4.78, 5) is 3.99. The molecule has 0 bridgehead atoms. The maximum absolute atomic E-state index is 10.1. The molecular formula is C13H22N2O. The summed E-state index contributed by atoms with van der Waals surface area (Å²) < 4.78 is 0. The van der Waals surface area contributed by atoms with Crippen molar-refractivity contribution in [2.45, 2.75) is 45.3 Å². The Kier molecular flexibility index (Phi) is 4.90. The van der Waals surface area contributed by atoms with E-state index < -0.39 is 5.60 Å². The van der Waals surface area contributed by atoms with Gasteiger partial charge in [-0.25, -0.2) is 0 Å². The van der Waals surface area contributed by atoms with Gasteiger partial charge in [0.15, 0.2) is 0 Å². The Morgan fingerprint density at radius 2 is 1.88 bits per heavy atom. The largest absolute Gasteiger partial charge is 0.389 e. The van der Waals surface area contributed by atoms with Crippen molar-refractivity contribution in [1.29, 1.82) is 0 Å². The van der Waals surface area contributed by atoms with Gasteiger partial charge in [0.05, 0.1) is 5.60 Å². The van der Waals surface area contributed by atoms with Crippen LogP contribution in [0, 0.1) is 0 Å². The van der Waals surface area contributed by atoms with E-state index in [4.69, 9.17) is 0 Å². The second-order valence-corrected chi connectivity index (χ2v) is 4.31. The number of rotatable bonds is 6. The van der Waals surface area contributed by atoms with Crippen LogP contribution in [0.2, 0.25) is 0 Å². The first-order valence-electron chi connectivity index (χ1n) is 5.97. The molecule has 0 aromatic carbocycles. The molecule has 0 aliphatic heterocycles. The topological polar surface area (TPSA) is 45.1 Å². The number of nitrogens with zero attached hydrogens (tertiary/aromatic N) is 1. The highest BCUT2D eigenvalue weighted by Gasteiger charge is 2.22. The van der Waals surface area contributed by atoms with Crippen LogP contribution in [0.5, 0.6) is 0 Å². The van der Waals surface area contributed by atoms with Gasteiger partial charge < -0.3 is 10.4 Å². The van der Waals surface area contributed by atoms with E-state index in [1.165, 1.54) is 5.56 Å². The molecule has 0 fully saturated rings. The summed E-state index contributed by atoms with van der Waals surface area (Å²) in [7, 11) is 0. The molecule has 0 spiro atoms. The smallest absolute Gasteiger partial charge is 0.0766 e. The van der Waals surface area contributed by atoms with Gasteiger partial charge in [0.25, 0.3) is 0 Å². The first kappa shape index (κ1) is 13.1. The molecule has 0 amide bonds. The molecule has 1 heterocycles.